The van der Waals surface area contributed by atoms with Gasteiger partial charge >= 0.3 is 6.18 Å². The van der Waals surface area contributed by atoms with Gasteiger partial charge in [0.05, 0.1) is 6.61 Å². The van der Waals surface area contributed by atoms with E-state index in [4.69, 9.17) is 5.11 Å². The van der Waals surface area contributed by atoms with Crippen molar-refractivity contribution in [3.05, 3.63) is 0 Å². The van der Waals surface area contributed by atoms with E-state index >= 15 is 0 Å². The van der Waals surface area contributed by atoms with Gasteiger partial charge in [0.15, 0.2) is 6.10 Å². The van der Waals surface area contributed by atoms with Gasteiger partial charge in [0.1, 0.15) is 0 Å². The van der Waals surface area contributed by atoms with Gasteiger partial charge < -0.3 is 9.84 Å². The van der Waals surface area contributed by atoms with E-state index in [1.807, 2.05) is 0 Å². The van der Waals surface area contributed by atoms with Crippen LogP contribution < -0.4 is 0 Å². The standard InChI is InChI=1S/C6H11F3O2/c1-2-3-11-4-5(10)6(7,8)9/h5,10H,2-4H2,1H3/t5-/m0/s1. The van der Waals surface area contributed by atoms with Crippen LogP contribution in [0, 0.1) is 0 Å². The van der Waals surface area contributed by atoms with E-state index in [1.54, 1.807) is 6.92 Å². The van der Waals surface area contributed by atoms with Crippen LogP contribution in [0.5, 0.6) is 0 Å². The number of rotatable bonds is 4. The molecule has 0 rings (SSSR count). The third-order valence-corrected chi connectivity index (χ3v) is 1.00. The minimum absolute atomic E-state index is 0.243. The summed E-state index contributed by atoms with van der Waals surface area (Å²) in [6.07, 6.45) is -6.27. The van der Waals surface area contributed by atoms with Crippen LogP contribution in [0.1, 0.15) is 13.3 Å². The first-order chi connectivity index (χ1) is 4.98. The Balaban J connectivity index is 3.44. The van der Waals surface area contributed by atoms with Gasteiger partial charge in [0.25, 0.3) is 0 Å². The van der Waals surface area contributed by atoms with Gasteiger partial charge in [0.2, 0.25) is 0 Å². The summed E-state index contributed by atoms with van der Waals surface area (Å²) in [4.78, 5) is 0. The van der Waals surface area contributed by atoms with Crippen LogP contribution >= 0.6 is 0 Å². The average molecular weight is 172 g/mol. The Morgan fingerprint density at radius 3 is 2.36 bits per heavy atom. The first-order valence-electron chi connectivity index (χ1n) is 3.31. The molecule has 0 unspecified atom stereocenters. The Bertz CT molecular complexity index is 102. The summed E-state index contributed by atoms with van der Waals surface area (Å²) in [5.74, 6) is 0. The smallest absolute Gasteiger partial charge is 0.382 e. The maximum Gasteiger partial charge on any atom is 0.416 e. The number of hydrogen-bond acceptors (Lipinski definition) is 2. The first-order valence-corrected chi connectivity index (χ1v) is 3.31. The number of halogens is 3. The van der Waals surface area contributed by atoms with Gasteiger partial charge in [-0.15, -0.1) is 0 Å². The minimum atomic E-state index is -4.56. The molecule has 0 spiro atoms. The Kier molecular flexibility index (Phi) is 4.44. The summed E-state index contributed by atoms with van der Waals surface area (Å²) in [6.45, 7) is 1.35. The van der Waals surface area contributed by atoms with Crippen LogP contribution in [0.15, 0.2) is 0 Å². The van der Waals surface area contributed by atoms with Crippen LogP contribution in [-0.4, -0.2) is 30.6 Å². The summed E-state index contributed by atoms with van der Waals surface area (Å²) in [5, 5.41) is 8.36. The zero-order chi connectivity index (χ0) is 8.91. The van der Waals surface area contributed by atoms with Gasteiger partial charge in [0, 0.05) is 6.61 Å². The molecule has 1 atom stereocenters. The van der Waals surface area contributed by atoms with Crippen LogP contribution in [0.4, 0.5) is 13.2 Å². The molecule has 0 amide bonds. The van der Waals surface area contributed by atoms with E-state index < -0.39 is 18.9 Å². The molecule has 68 valence electrons. The second-order valence-electron chi connectivity index (χ2n) is 2.13. The maximum atomic E-state index is 11.5. The van der Waals surface area contributed by atoms with Crippen molar-refractivity contribution in [2.75, 3.05) is 13.2 Å². The zero-order valence-corrected chi connectivity index (χ0v) is 6.19. The monoisotopic (exact) mass is 172 g/mol. The first kappa shape index (κ1) is 10.7. The molecule has 0 aromatic heterocycles. The molecule has 0 radical (unpaired) electrons. The fourth-order valence-corrected chi connectivity index (χ4v) is 0.434. The summed E-state index contributed by atoms with van der Waals surface area (Å²) in [7, 11) is 0. The van der Waals surface area contributed by atoms with Crippen LogP contribution in [0.2, 0.25) is 0 Å². The summed E-state index contributed by atoms with van der Waals surface area (Å²) in [5.41, 5.74) is 0. The average Bonchev–Trinajstić information content (AvgIpc) is 1.86. The molecule has 0 fully saturated rings. The molecule has 2 nitrogen and oxygen atoms in total. The predicted octanol–water partition coefficient (Wildman–Crippen LogP) is 1.34. The maximum absolute atomic E-state index is 11.5. The molecule has 0 heterocycles. The van der Waals surface area contributed by atoms with E-state index in [0.29, 0.717) is 6.42 Å². The van der Waals surface area contributed by atoms with E-state index in [2.05, 4.69) is 4.74 Å². The van der Waals surface area contributed by atoms with Crippen molar-refractivity contribution in [3.63, 3.8) is 0 Å². The van der Waals surface area contributed by atoms with Gasteiger partial charge in [-0.1, -0.05) is 6.92 Å². The number of aliphatic hydroxyl groups excluding tert-OH is 1. The number of hydrogen-bond donors (Lipinski definition) is 1. The lowest BCUT2D eigenvalue weighted by atomic mass is 10.4. The van der Waals surface area contributed by atoms with Crippen LogP contribution in [0.3, 0.4) is 0 Å². The fraction of sp³-hybridized carbons (Fsp3) is 1.00. The second kappa shape index (κ2) is 4.56. The normalized spacial score (nSPS) is 15.0. The number of alkyl halides is 3. The Morgan fingerprint density at radius 1 is 1.45 bits per heavy atom. The van der Waals surface area contributed by atoms with Gasteiger partial charge in [-0.2, -0.15) is 13.2 Å². The fourth-order valence-electron chi connectivity index (χ4n) is 0.434. The van der Waals surface area contributed by atoms with Gasteiger partial charge in [-0.05, 0) is 6.42 Å². The van der Waals surface area contributed by atoms with E-state index in [0.717, 1.165) is 0 Å². The van der Waals surface area contributed by atoms with Crippen molar-refractivity contribution in [2.24, 2.45) is 0 Å². The molecule has 0 aliphatic rings. The Hall–Kier alpha value is -0.290. The molecule has 0 aliphatic heterocycles. The third-order valence-electron chi connectivity index (χ3n) is 1.00. The lowest BCUT2D eigenvalue weighted by Gasteiger charge is -2.13. The highest BCUT2D eigenvalue weighted by Gasteiger charge is 2.38. The van der Waals surface area contributed by atoms with Crippen LogP contribution in [0.25, 0.3) is 0 Å². The molecule has 5 heteroatoms. The van der Waals surface area contributed by atoms with Crippen molar-refractivity contribution in [3.8, 4) is 0 Å². The highest BCUT2D eigenvalue weighted by Crippen LogP contribution is 2.19. The third kappa shape index (κ3) is 5.03. The quantitative estimate of drug-likeness (QED) is 0.648. The molecule has 0 aromatic carbocycles. The Labute approximate surface area is 63.0 Å². The largest absolute Gasteiger partial charge is 0.416 e. The van der Waals surface area contributed by atoms with E-state index in [-0.39, 0.29) is 6.61 Å². The van der Waals surface area contributed by atoms with Gasteiger partial charge in [-0.3, -0.25) is 0 Å². The van der Waals surface area contributed by atoms with Gasteiger partial charge in [-0.25, -0.2) is 0 Å². The van der Waals surface area contributed by atoms with Crippen molar-refractivity contribution in [2.45, 2.75) is 25.6 Å². The number of aliphatic hydroxyl groups is 1. The second-order valence-corrected chi connectivity index (χ2v) is 2.13. The van der Waals surface area contributed by atoms with Crippen molar-refractivity contribution in [1.29, 1.82) is 0 Å². The molecule has 0 saturated heterocycles. The molecular formula is C6H11F3O2. The summed E-state index contributed by atoms with van der Waals surface area (Å²) in [6, 6.07) is 0. The topological polar surface area (TPSA) is 29.5 Å². The molecule has 0 aliphatic carbocycles. The highest BCUT2D eigenvalue weighted by molar-refractivity contribution is 4.63. The molecule has 11 heavy (non-hydrogen) atoms. The molecule has 1 N–H and O–H groups in total. The summed E-state index contributed by atoms with van der Waals surface area (Å²) >= 11 is 0. The van der Waals surface area contributed by atoms with E-state index in [9.17, 15) is 13.2 Å². The van der Waals surface area contributed by atoms with E-state index in [1.165, 1.54) is 0 Å². The number of ether oxygens (including phenoxy) is 1. The minimum Gasteiger partial charge on any atom is -0.382 e. The van der Waals surface area contributed by atoms with Crippen molar-refractivity contribution in [1.82, 2.24) is 0 Å². The van der Waals surface area contributed by atoms with Crippen LogP contribution in [-0.2, 0) is 4.74 Å². The Morgan fingerprint density at radius 2 is 2.00 bits per heavy atom. The summed E-state index contributed by atoms with van der Waals surface area (Å²) < 4.78 is 39.1. The lowest BCUT2D eigenvalue weighted by Crippen LogP contribution is -2.33. The molecule has 0 saturated carbocycles. The lowest BCUT2D eigenvalue weighted by molar-refractivity contribution is -0.217. The predicted molar refractivity (Wildman–Crippen MR) is 33.2 cm³/mol. The molecule has 0 aromatic rings. The molecule has 0 bridgehead atoms. The van der Waals surface area contributed by atoms with Crippen molar-refractivity contribution >= 4 is 0 Å². The highest BCUT2D eigenvalue weighted by atomic mass is 19.4. The SMILES string of the molecule is CCCOC[C@H](O)C(F)(F)F. The zero-order valence-electron chi connectivity index (χ0n) is 6.19. The molecular weight excluding hydrogens is 161 g/mol. The van der Waals surface area contributed by atoms with Crippen molar-refractivity contribution < 1.29 is 23.0 Å².